The molecule has 22 heteroatoms. The van der Waals surface area contributed by atoms with Crippen LogP contribution < -0.4 is 26.3 Å². The van der Waals surface area contributed by atoms with Crippen molar-refractivity contribution in [3.05, 3.63) is 104 Å². The van der Waals surface area contributed by atoms with Gasteiger partial charge in [0.25, 0.3) is 11.8 Å². The number of halogens is 4. The Morgan fingerprint density at radius 3 is 2.32 bits per heavy atom. The van der Waals surface area contributed by atoms with Gasteiger partial charge in [0.1, 0.15) is 11.6 Å². The van der Waals surface area contributed by atoms with Crippen molar-refractivity contribution in [2.24, 2.45) is 10.2 Å². The smallest absolute Gasteiger partial charge is 0.417 e. The summed E-state index contributed by atoms with van der Waals surface area (Å²) in [6.07, 6.45) is -1.34. The first-order chi connectivity index (χ1) is 31.5. The fourth-order valence-corrected chi connectivity index (χ4v) is 7.46. The van der Waals surface area contributed by atoms with E-state index in [4.69, 9.17) is 36.1 Å². The summed E-state index contributed by atoms with van der Waals surface area (Å²) < 4.78 is 61.8. The van der Waals surface area contributed by atoms with E-state index in [0.717, 1.165) is 62.0 Å². The van der Waals surface area contributed by atoms with Crippen molar-refractivity contribution in [1.82, 2.24) is 16.1 Å². The zero-order valence-corrected chi connectivity index (χ0v) is 38.5. The summed E-state index contributed by atoms with van der Waals surface area (Å²) in [6, 6.07) is 14.1. The van der Waals surface area contributed by atoms with Crippen molar-refractivity contribution in [2.45, 2.75) is 63.6 Å². The Morgan fingerprint density at radius 2 is 1.62 bits per heavy atom. The number of ether oxygens (including phenoxy) is 4. The molecule has 4 N–H and O–H groups in total. The molecular formula is C44H55ClF3N9O8S. The first-order valence-electron chi connectivity index (χ1n) is 21.1. The highest BCUT2D eigenvalue weighted by atomic mass is 35.5. The second-order valence-corrected chi connectivity index (χ2v) is 17.1. The lowest BCUT2D eigenvalue weighted by atomic mass is 10.1. The Kier molecular flexibility index (Phi) is 21.8. The summed E-state index contributed by atoms with van der Waals surface area (Å²) >= 11 is 7.08. The number of hydrogen-bond acceptors (Lipinski definition) is 12. The number of anilines is 2. The second-order valence-electron chi connectivity index (χ2n) is 15.7. The number of nitrogens with zero attached hydrogens (tertiary/aromatic N) is 5. The first kappa shape index (κ1) is 53.0. The number of thioether (sulfide) groups is 1. The van der Waals surface area contributed by atoms with Crippen LogP contribution in [0.25, 0.3) is 10.4 Å². The van der Waals surface area contributed by atoms with Gasteiger partial charge in [-0.15, -0.1) is 0 Å². The van der Waals surface area contributed by atoms with Crippen molar-refractivity contribution in [1.29, 1.82) is 0 Å². The van der Waals surface area contributed by atoms with Gasteiger partial charge in [-0.25, -0.2) is 10.2 Å². The van der Waals surface area contributed by atoms with E-state index in [1.807, 2.05) is 6.07 Å². The number of alkyl carbamates (subject to hydrolysis) is 1. The van der Waals surface area contributed by atoms with E-state index in [-0.39, 0.29) is 54.4 Å². The quantitative estimate of drug-likeness (QED) is 0.0170. The molecule has 1 heterocycles. The van der Waals surface area contributed by atoms with E-state index in [9.17, 15) is 32.3 Å². The standard InChI is InChI=1S/C44H55ClF3N9O8S/c1-43(2,3)65-42(61)54-38(41(60)50-14-18-62-20-22-64-23-21-63-19-15-51-56-49)29-66-28-31-8-7-9-32(24-31)39(58)53-37-13-11-33(57-16-5-4-6-17-57)26-34(37)40(59)55-52-27-30-10-12-36(45)35(25-30)44(46,47)48/h7-13,24-27,38H,4-6,14-23,28-29H2,1-3H3,(H,50,60)(H,53,58)(H,54,61)(H,55,59)/b52-27+/t38-/m0/s1. The van der Waals surface area contributed by atoms with E-state index in [0.29, 0.717) is 32.2 Å². The molecule has 0 unspecified atom stereocenters. The number of amides is 4. The van der Waals surface area contributed by atoms with Gasteiger partial charge in [-0.05, 0) is 99.2 Å². The molecule has 66 heavy (non-hydrogen) atoms. The topological polar surface area (TPSA) is 218 Å². The molecule has 0 aliphatic carbocycles. The molecule has 17 nitrogen and oxygen atoms in total. The van der Waals surface area contributed by atoms with Gasteiger partial charge in [0, 0.05) is 53.8 Å². The summed E-state index contributed by atoms with van der Waals surface area (Å²) in [5.41, 5.74) is 10.9. The van der Waals surface area contributed by atoms with Crippen molar-refractivity contribution in [3.8, 4) is 0 Å². The predicted molar refractivity (Wildman–Crippen MR) is 247 cm³/mol. The van der Waals surface area contributed by atoms with Crippen LogP contribution in [-0.4, -0.2) is 113 Å². The van der Waals surface area contributed by atoms with E-state index < -0.39 is 52.2 Å². The lowest BCUT2D eigenvalue weighted by Crippen LogP contribution is -2.50. The molecule has 3 aromatic rings. The van der Waals surface area contributed by atoms with Crippen LogP contribution in [0.2, 0.25) is 5.02 Å². The van der Waals surface area contributed by atoms with E-state index >= 15 is 0 Å². The van der Waals surface area contributed by atoms with Crippen LogP contribution in [0, 0.1) is 0 Å². The predicted octanol–water partition coefficient (Wildman–Crippen LogP) is 7.97. The number of piperidine rings is 1. The maximum Gasteiger partial charge on any atom is 0.417 e. The van der Waals surface area contributed by atoms with Crippen LogP contribution in [0.3, 0.4) is 0 Å². The Bertz CT molecular complexity index is 2170. The van der Waals surface area contributed by atoms with Crippen molar-refractivity contribution in [3.63, 3.8) is 0 Å². The SMILES string of the molecule is CC(C)(C)OC(=O)N[C@@H](CSCc1cccc(C(=O)Nc2ccc(N3CCCCC3)cc2C(=O)N/N=C/c2ccc(Cl)c(C(F)(F)F)c2)c1)C(=O)NCCOCCOCCOCCN=[N+]=[N-]. The Labute approximate surface area is 390 Å². The van der Waals surface area contributed by atoms with Crippen molar-refractivity contribution >= 4 is 64.8 Å². The molecular weight excluding hydrogens is 907 g/mol. The molecule has 4 rings (SSSR count). The van der Waals surface area contributed by atoms with Gasteiger partial charge in [0.15, 0.2) is 0 Å². The Morgan fingerprint density at radius 1 is 0.909 bits per heavy atom. The van der Waals surface area contributed by atoms with Crippen LogP contribution in [0.15, 0.2) is 70.9 Å². The number of carbonyl (C=O) groups is 4. The number of alkyl halides is 3. The molecule has 0 aromatic heterocycles. The Balaban J connectivity index is 1.36. The summed E-state index contributed by atoms with van der Waals surface area (Å²) in [4.78, 5) is 58.0. The molecule has 1 aliphatic rings. The highest BCUT2D eigenvalue weighted by Gasteiger charge is 2.33. The third kappa shape index (κ3) is 19.1. The van der Waals surface area contributed by atoms with Crippen LogP contribution in [-0.2, 0) is 35.7 Å². The van der Waals surface area contributed by atoms with Crippen molar-refractivity contribution in [2.75, 3.05) is 81.8 Å². The third-order valence-electron chi connectivity index (χ3n) is 9.33. The van der Waals surface area contributed by atoms with Gasteiger partial charge < -0.3 is 39.8 Å². The molecule has 1 atom stereocenters. The van der Waals surface area contributed by atoms with Gasteiger partial charge in [0.05, 0.1) is 67.7 Å². The monoisotopic (exact) mass is 961 g/mol. The molecule has 0 spiro atoms. The highest BCUT2D eigenvalue weighted by Crippen LogP contribution is 2.35. The average Bonchev–Trinajstić information content (AvgIpc) is 3.27. The number of nitrogens with one attached hydrogen (secondary N) is 4. The zero-order chi connectivity index (χ0) is 48.0. The summed E-state index contributed by atoms with van der Waals surface area (Å²) in [6.45, 7) is 8.88. The molecule has 0 bridgehead atoms. The van der Waals surface area contributed by atoms with Gasteiger partial charge in [-0.2, -0.15) is 30.0 Å². The zero-order valence-electron chi connectivity index (χ0n) is 37.0. The molecule has 0 saturated carbocycles. The average molecular weight is 962 g/mol. The van der Waals surface area contributed by atoms with E-state index in [2.05, 4.69) is 41.4 Å². The number of azide groups is 1. The molecule has 0 radical (unpaired) electrons. The molecule has 1 fully saturated rings. The van der Waals surface area contributed by atoms with E-state index in [1.165, 1.54) is 17.8 Å². The van der Waals surface area contributed by atoms with Gasteiger partial charge in [0.2, 0.25) is 5.91 Å². The number of hydrazone groups is 1. The number of carbonyl (C=O) groups excluding carboxylic acids is 4. The fourth-order valence-electron chi connectivity index (χ4n) is 6.23. The fraction of sp³-hybridized carbons (Fsp3) is 0.477. The molecule has 1 saturated heterocycles. The highest BCUT2D eigenvalue weighted by molar-refractivity contribution is 7.98. The lowest BCUT2D eigenvalue weighted by molar-refractivity contribution is -0.137. The molecule has 1 aliphatic heterocycles. The number of hydrogen-bond donors (Lipinski definition) is 4. The number of rotatable bonds is 24. The maximum atomic E-state index is 13.7. The Hall–Kier alpha value is -5.57. The minimum absolute atomic E-state index is 0.0551. The molecule has 3 aromatic carbocycles. The lowest BCUT2D eigenvalue weighted by Gasteiger charge is -2.29. The minimum Gasteiger partial charge on any atom is -0.444 e. The normalized spacial score (nSPS) is 13.4. The van der Waals surface area contributed by atoms with Gasteiger partial charge in [-0.3, -0.25) is 14.4 Å². The summed E-state index contributed by atoms with van der Waals surface area (Å²) in [7, 11) is 0. The summed E-state index contributed by atoms with van der Waals surface area (Å²) in [5.74, 6) is -1.15. The minimum atomic E-state index is -4.68. The maximum absolute atomic E-state index is 13.7. The van der Waals surface area contributed by atoms with Gasteiger partial charge >= 0.3 is 12.3 Å². The third-order valence-corrected chi connectivity index (χ3v) is 10.8. The largest absolute Gasteiger partial charge is 0.444 e. The van der Waals surface area contributed by atoms with Crippen LogP contribution in [0.5, 0.6) is 0 Å². The first-order valence-corrected chi connectivity index (χ1v) is 22.7. The summed E-state index contributed by atoms with van der Waals surface area (Å²) in [5, 5.41) is 15.0. The van der Waals surface area contributed by atoms with Crippen molar-refractivity contribution < 1.29 is 51.3 Å². The second kappa shape index (κ2) is 27.2. The van der Waals surface area contributed by atoms with Gasteiger partial charge in [-0.1, -0.05) is 34.9 Å². The molecule has 4 amide bonds. The van der Waals surface area contributed by atoms with Crippen LogP contribution >= 0.6 is 23.4 Å². The molecule has 358 valence electrons. The number of benzene rings is 3. The van der Waals surface area contributed by atoms with Crippen LogP contribution in [0.1, 0.15) is 77.4 Å². The van der Waals surface area contributed by atoms with E-state index in [1.54, 1.807) is 57.2 Å². The van der Waals surface area contributed by atoms with Crippen LogP contribution in [0.4, 0.5) is 29.3 Å².